The number of rotatable bonds is 7. The van der Waals surface area contributed by atoms with Crippen molar-refractivity contribution in [2.24, 2.45) is 11.8 Å². The molecule has 0 aliphatic carbocycles. The maximum Gasteiger partial charge on any atom is 0.118 e. The van der Waals surface area contributed by atoms with Crippen molar-refractivity contribution in [3.05, 3.63) is 23.7 Å². The Bertz CT molecular complexity index is 497. The van der Waals surface area contributed by atoms with Crippen molar-refractivity contribution >= 4 is 0 Å². The van der Waals surface area contributed by atoms with Gasteiger partial charge in [-0.25, -0.2) is 0 Å². The van der Waals surface area contributed by atoms with Crippen LogP contribution in [0.1, 0.15) is 25.4 Å². The molecule has 1 N–H and O–H groups in total. The van der Waals surface area contributed by atoms with Gasteiger partial charge in [0.05, 0.1) is 6.54 Å². The minimum absolute atomic E-state index is 0.300. The number of nitrogens with zero attached hydrogens (tertiary/aromatic N) is 3. The lowest BCUT2D eigenvalue weighted by molar-refractivity contribution is 0.106. The zero-order valence-corrected chi connectivity index (χ0v) is 15.3. The fraction of sp³-hybridized carbons (Fsp3) is 0.789. The summed E-state index contributed by atoms with van der Waals surface area (Å²) in [7, 11) is 0. The molecule has 0 spiro atoms. The molecule has 3 heterocycles. The minimum Gasteiger partial charge on any atom is -0.465 e. The van der Waals surface area contributed by atoms with Crippen LogP contribution in [0.5, 0.6) is 0 Å². The van der Waals surface area contributed by atoms with E-state index in [4.69, 9.17) is 4.42 Å². The molecule has 5 heteroatoms. The quantitative estimate of drug-likeness (QED) is 0.818. The SMILES string of the molecule is CCc1ccc(CN2C[C@@H](CN3CCN(CC)CC3)[C@@H](CO)C2)o1. The summed E-state index contributed by atoms with van der Waals surface area (Å²) in [5.74, 6) is 3.09. The van der Waals surface area contributed by atoms with E-state index in [2.05, 4.69) is 40.7 Å². The van der Waals surface area contributed by atoms with Gasteiger partial charge in [-0.1, -0.05) is 13.8 Å². The van der Waals surface area contributed by atoms with Crippen molar-refractivity contribution in [1.82, 2.24) is 14.7 Å². The third kappa shape index (κ3) is 4.39. The lowest BCUT2D eigenvalue weighted by Gasteiger charge is -2.36. The maximum atomic E-state index is 9.80. The Labute approximate surface area is 146 Å². The van der Waals surface area contributed by atoms with E-state index < -0.39 is 0 Å². The highest BCUT2D eigenvalue weighted by atomic mass is 16.3. The second-order valence-corrected chi connectivity index (χ2v) is 7.35. The van der Waals surface area contributed by atoms with Gasteiger partial charge in [-0.15, -0.1) is 0 Å². The molecule has 3 rings (SSSR count). The summed E-state index contributed by atoms with van der Waals surface area (Å²) < 4.78 is 5.85. The van der Waals surface area contributed by atoms with E-state index in [1.807, 2.05) is 0 Å². The summed E-state index contributed by atoms with van der Waals surface area (Å²) in [5, 5.41) is 9.80. The summed E-state index contributed by atoms with van der Waals surface area (Å²) in [6.45, 7) is 14.6. The van der Waals surface area contributed by atoms with E-state index in [1.54, 1.807) is 0 Å². The van der Waals surface area contributed by atoms with Crippen LogP contribution in [-0.2, 0) is 13.0 Å². The Morgan fingerprint density at radius 1 is 0.958 bits per heavy atom. The Morgan fingerprint density at radius 2 is 1.62 bits per heavy atom. The lowest BCUT2D eigenvalue weighted by Crippen LogP contribution is -2.48. The van der Waals surface area contributed by atoms with Gasteiger partial charge in [0.25, 0.3) is 0 Å². The molecule has 2 atom stereocenters. The molecular formula is C19H33N3O2. The molecule has 24 heavy (non-hydrogen) atoms. The highest BCUT2D eigenvalue weighted by molar-refractivity contribution is 5.07. The van der Waals surface area contributed by atoms with Crippen molar-refractivity contribution in [3.8, 4) is 0 Å². The largest absolute Gasteiger partial charge is 0.465 e. The molecule has 0 aromatic carbocycles. The Kier molecular flexibility index (Phi) is 6.33. The highest BCUT2D eigenvalue weighted by Crippen LogP contribution is 2.26. The zero-order chi connectivity index (χ0) is 16.9. The Hall–Kier alpha value is -0.880. The van der Waals surface area contributed by atoms with E-state index in [0.29, 0.717) is 18.4 Å². The van der Waals surface area contributed by atoms with Crippen molar-refractivity contribution < 1.29 is 9.52 Å². The number of likely N-dealkylation sites (N-methyl/N-ethyl adjacent to an activating group) is 1. The molecule has 0 amide bonds. The van der Waals surface area contributed by atoms with Gasteiger partial charge in [0.15, 0.2) is 0 Å². The minimum atomic E-state index is 0.300. The molecule has 2 fully saturated rings. The lowest BCUT2D eigenvalue weighted by atomic mass is 9.96. The predicted octanol–water partition coefficient (Wildman–Crippen LogP) is 1.52. The number of likely N-dealkylation sites (tertiary alicyclic amines) is 1. The van der Waals surface area contributed by atoms with E-state index in [0.717, 1.165) is 50.7 Å². The fourth-order valence-electron chi connectivity index (χ4n) is 4.12. The van der Waals surface area contributed by atoms with Crippen LogP contribution >= 0.6 is 0 Å². The zero-order valence-electron chi connectivity index (χ0n) is 15.3. The average Bonchev–Trinajstić information content (AvgIpc) is 3.22. The number of hydrogen-bond donors (Lipinski definition) is 1. The summed E-state index contributed by atoms with van der Waals surface area (Å²) in [5.41, 5.74) is 0. The first-order chi connectivity index (χ1) is 11.7. The Balaban J connectivity index is 1.50. The van der Waals surface area contributed by atoms with Gasteiger partial charge in [0.2, 0.25) is 0 Å². The fourth-order valence-corrected chi connectivity index (χ4v) is 4.12. The number of furan rings is 1. The highest BCUT2D eigenvalue weighted by Gasteiger charge is 2.34. The van der Waals surface area contributed by atoms with Crippen LogP contribution in [0.25, 0.3) is 0 Å². The summed E-state index contributed by atoms with van der Waals surface area (Å²) in [6.07, 6.45) is 0.950. The molecular weight excluding hydrogens is 302 g/mol. The van der Waals surface area contributed by atoms with Crippen LogP contribution in [0.3, 0.4) is 0 Å². The van der Waals surface area contributed by atoms with Gasteiger partial charge in [0.1, 0.15) is 11.5 Å². The maximum absolute atomic E-state index is 9.80. The monoisotopic (exact) mass is 335 g/mol. The first-order valence-corrected chi connectivity index (χ1v) is 9.57. The molecule has 1 aromatic rings. The second-order valence-electron chi connectivity index (χ2n) is 7.35. The molecule has 2 aliphatic rings. The molecule has 1 aromatic heterocycles. The Morgan fingerprint density at radius 3 is 2.25 bits per heavy atom. The first kappa shape index (κ1) is 17.9. The van der Waals surface area contributed by atoms with Gasteiger partial charge in [-0.2, -0.15) is 0 Å². The topological polar surface area (TPSA) is 43.1 Å². The predicted molar refractivity (Wildman–Crippen MR) is 96.0 cm³/mol. The number of piperazine rings is 1. The molecule has 136 valence electrons. The van der Waals surface area contributed by atoms with Crippen molar-refractivity contribution in [3.63, 3.8) is 0 Å². The van der Waals surface area contributed by atoms with Crippen LogP contribution in [0.2, 0.25) is 0 Å². The van der Waals surface area contributed by atoms with E-state index in [-0.39, 0.29) is 0 Å². The first-order valence-electron chi connectivity index (χ1n) is 9.57. The molecule has 0 saturated carbocycles. The van der Waals surface area contributed by atoms with Gasteiger partial charge < -0.3 is 19.3 Å². The number of aliphatic hydroxyl groups excluding tert-OH is 1. The number of aryl methyl sites for hydroxylation is 1. The van der Waals surface area contributed by atoms with Crippen LogP contribution in [0, 0.1) is 11.8 Å². The van der Waals surface area contributed by atoms with Crippen LogP contribution < -0.4 is 0 Å². The van der Waals surface area contributed by atoms with Crippen molar-refractivity contribution in [1.29, 1.82) is 0 Å². The molecule has 0 unspecified atom stereocenters. The van der Waals surface area contributed by atoms with Crippen molar-refractivity contribution in [2.75, 3.05) is 59.0 Å². The van der Waals surface area contributed by atoms with Crippen LogP contribution in [0.15, 0.2) is 16.5 Å². The molecule has 2 aliphatic heterocycles. The average molecular weight is 335 g/mol. The van der Waals surface area contributed by atoms with Gasteiger partial charge in [0, 0.05) is 58.8 Å². The van der Waals surface area contributed by atoms with Gasteiger partial charge >= 0.3 is 0 Å². The normalized spacial score (nSPS) is 27.1. The van der Waals surface area contributed by atoms with E-state index in [1.165, 1.54) is 26.2 Å². The van der Waals surface area contributed by atoms with Crippen LogP contribution in [0.4, 0.5) is 0 Å². The second kappa shape index (κ2) is 8.48. The molecule has 2 saturated heterocycles. The van der Waals surface area contributed by atoms with E-state index >= 15 is 0 Å². The summed E-state index contributed by atoms with van der Waals surface area (Å²) in [4.78, 5) is 7.56. The standard InChI is InChI=1S/C19H33N3O2/c1-3-18-5-6-19(24-18)14-22-12-16(17(13-22)15-23)11-21-9-7-20(4-2)8-10-21/h5-6,16-17,23H,3-4,7-15H2,1-2H3/t16-,17-/m1/s1. The molecule has 0 bridgehead atoms. The molecule has 0 radical (unpaired) electrons. The van der Waals surface area contributed by atoms with Crippen LogP contribution in [-0.4, -0.2) is 78.8 Å². The van der Waals surface area contributed by atoms with E-state index in [9.17, 15) is 5.11 Å². The smallest absolute Gasteiger partial charge is 0.118 e. The summed E-state index contributed by atoms with van der Waals surface area (Å²) in [6, 6.07) is 4.18. The number of hydrogen-bond acceptors (Lipinski definition) is 5. The van der Waals surface area contributed by atoms with Gasteiger partial charge in [-0.05, 0) is 30.5 Å². The third-order valence-corrected chi connectivity index (χ3v) is 5.74. The number of aliphatic hydroxyl groups is 1. The summed E-state index contributed by atoms with van der Waals surface area (Å²) >= 11 is 0. The van der Waals surface area contributed by atoms with Gasteiger partial charge in [-0.3, -0.25) is 4.90 Å². The third-order valence-electron chi connectivity index (χ3n) is 5.74. The molecule has 5 nitrogen and oxygen atoms in total. The van der Waals surface area contributed by atoms with Crippen molar-refractivity contribution in [2.45, 2.75) is 26.8 Å².